The third-order valence-corrected chi connectivity index (χ3v) is 2.83. The number of benzene rings is 2. The minimum absolute atomic E-state index is 0.0821. The third-order valence-electron chi connectivity index (χ3n) is 2.61. The molecule has 4 N–H and O–H groups in total. The van der Waals surface area contributed by atoms with Crippen LogP contribution >= 0.6 is 11.6 Å². The topological polar surface area (TPSA) is 66.5 Å². The number of aliphatic hydroxyl groups is 1. The number of phenolic OH excluding ortho intramolecular Hbond substituents is 1. The molecule has 5 heteroatoms. The van der Waals surface area contributed by atoms with E-state index in [1.54, 1.807) is 0 Å². The highest BCUT2D eigenvalue weighted by atomic mass is 35.5. The van der Waals surface area contributed by atoms with Crippen LogP contribution in [0.1, 0.15) is 17.2 Å². The second kappa shape index (κ2) is 4.84. The predicted molar refractivity (Wildman–Crippen MR) is 68.0 cm³/mol. The predicted octanol–water partition coefficient (Wildman–Crippen LogP) is 2.85. The zero-order valence-electron chi connectivity index (χ0n) is 9.27. The Labute approximate surface area is 108 Å². The number of nitrogen functional groups attached to an aromatic ring is 1. The molecule has 0 aliphatic rings. The maximum atomic E-state index is 12.8. The van der Waals surface area contributed by atoms with Crippen molar-refractivity contribution in [2.45, 2.75) is 6.10 Å². The normalized spacial score (nSPS) is 12.4. The van der Waals surface area contributed by atoms with E-state index in [0.29, 0.717) is 10.6 Å². The molecule has 2 rings (SSSR count). The van der Waals surface area contributed by atoms with Gasteiger partial charge < -0.3 is 15.9 Å². The first kappa shape index (κ1) is 12.7. The van der Waals surface area contributed by atoms with Gasteiger partial charge in [-0.15, -0.1) is 0 Å². The summed E-state index contributed by atoms with van der Waals surface area (Å²) in [4.78, 5) is 0. The average Bonchev–Trinajstić information content (AvgIpc) is 2.34. The van der Waals surface area contributed by atoms with E-state index in [0.717, 1.165) is 0 Å². The van der Waals surface area contributed by atoms with Gasteiger partial charge in [0.05, 0.1) is 5.69 Å². The minimum atomic E-state index is -1.12. The van der Waals surface area contributed by atoms with Crippen molar-refractivity contribution >= 4 is 17.3 Å². The van der Waals surface area contributed by atoms with Crippen molar-refractivity contribution in [3.05, 3.63) is 58.4 Å². The second-order valence-electron chi connectivity index (χ2n) is 3.89. The molecule has 0 heterocycles. The molecule has 2 aromatic rings. The molecule has 1 atom stereocenters. The van der Waals surface area contributed by atoms with Gasteiger partial charge in [0.15, 0.2) is 0 Å². The number of nitrogens with two attached hydrogens (primary N) is 1. The van der Waals surface area contributed by atoms with Crippen LogP contribution in [0.25, 0.3) is 0 Å². The van der Waals surface area contributed by atoms with E-state index < -0.39 is 11.9 Å². The highest BCUT2D eigenvalue weighted by Gasteiger charge is 2.17. The van der Waals surface area contributed by atoms with Crippen molar-refractivity contribution in [2.75, 3.05) is 5.73 Å². The number of hydrogen-bond acceptors (Lipinski definition) is 3. The Morgan fingerprint density at radius 1 is 1.17 bits per heavy atom. The first-order valence-electron chi connectivity index (χ1n) is 5.20. The Kier molecular flexibility index (Phi) is 3.41. The number of rotatable bonds is 2. The lowest BCUT2D eigenvalue weighted by atomic mass is 10.00. The van der Waals surface area contributed by atoms with E-state index >= 15 is 0 Å². The molecule has 18 heavy (non-hydrogen) atoms. The van der Waals surface area contributed by atoms with E-state index in [1.165, 1.54) is 36.4 Å². The first-order valence-corrected chi connectivity index (χ1v) is 5.58. The van der Waals surface area contributed by atoms with Gasteiger partial charge >= 0.3 is 0 Å². The highest BCUT2D eigenvalue weighted by Crippen LogP contribution is 2.36. The maximum Gasteiger partial charge on any atom is 0.144 e. The standard InChI is InChI=1S/C13H11ClFNO2/c14-8-5-10(13(18)11(16)6-8)12(17)7-1-3-9(15)4-2-7/h1-6,12,17-18H,16H2. The summed E-state index contributed by atoms with van der Waals surface area (Å²) in [6, 6.07) is 8.11. The summed E-state index contributed by atoms with van der Waals surface area (Å²) in [5, 5.41) is 20.2. The van der Waals surface area contributed by atoms with Crippen LogP contribution < -0.4 is 5.73 Å². The molecule has 0 radical (unpaired) electrons. The smallest absolute Gasteiger partial charge is 0.144 e. The molecule has 0 saturated heterocycles. The number of aromatic hydroxyl groups is 1. The van der Waals surface area contributed by atoms with E-state index in [9.17, 15) is 14.6 Å². The molecule has 3 nitrogen and oxygen atoms in total. The van der Waals surface area contributed by atoms with Gasteiger partial charge in [0.2, 0.25) is 0 Å². The zero-order valence-corrected chi connectivity index (χ0v) is 10.0. The fourth-order valence-electron chi connectivity index (χ4n) is 1.68. The van der Waals surface area contributed by atoms with Gasteiger partial charge in [-0.3, -0.25) is 0 Å². The van der Waals surface area contributed by atoms with Crippen molar-refractivity contribution in [1.29, 1.82) is 0 Å². The molecular weight excluding hydrogens is 257 g/mol. The van der Waals surface area contributed by atoms with E-state index in [-0.39, 0.29) is 17.0 Å². The Morgan fingerprint density at radius 2 is 1.78 bits per heavy atom. The van der Waals surface area contributed by atoms with Crippen molar-refractivity contribution in [3.63, 3.8) is 0 Å². The summed E-state index contributed by atoms with van der Waals surface area (Å²) >= 11 is 5.82. The lowest BCUT2D eigenvalue weighted by molar-refractivity contribution is 0.215. The van der Waals surface area contributed by atoms with E-state index in [1.807, 2.05) is 0 Å². The lowest BCUT2D eigenvalue weighted by Gasteiger charge is -2.14. The number of halogens is 2. The molecule has 94 valence electrons. The molecule has 0 aliphatic carbocycles. The van der Waals surface area contributed by atoms with Crippen LogP contribution in [0, 0.1) is 5.82 Å². The Balaban J connectivity index is 2.45. The fourth-order valence-corrected chi connectivity index (χ4v) is 1.91. The van der Waals surface area contributed by atoms with Gasteiger partial charge in [0.25, 0.3) is 0 Å². The number of phenols is 1. The summed E-state index contributed by atoms with van der Waals surface area (Å²) in [7, 11) is 0. The van der Waals surface area contributed by atoms with Crippen LogP contribution in [0.3, 0.4) is 0 Å². The molecule has 0 bridgehead atoms. The van der Waals surface area contributed by atoms with Crippen LogP contribution in [0.5, 0.6) is 5.75 Å². The van der Waals surface area contributed by atoms with Gasteiger partial charge in [0.1, 0.15) is 17.7 Å². The van der Waals surface area contributed by atoms with Crippen molar-refractivity contribution in [1.82, 2.24) is 0 Å². The number of aliphatic hydroxyl groups excluding tert-OH is 1. The van der Waals surface area contributed by atoms with Crippen molar-refractivity contribution in [3.8, 4) is 5.75 Å². The largest absolute Gasteiger partial charge is 0.505 e. The molecule has 1 unspecified atom stereocenters. The van der Waals surface area contributed by atoms with E-state index in [2.05, 4.69) is 0 Å². The summed E-state index contributed by atoms with van der Waals surface area (Å²) in [6.45, 7) is 0. The van der Waals surface area contributed by atoms with Gasteiger partial charge in [-0.25, -0.2) is 4.39 Å². The molecule has 0 amide bonds. The van der Waals surface area contributed by atoms with Gasteiger partial charge in [-0.05, 0) is 29.8 Å². The van der Waals surface area contributed by atoms with Crippen LogP contribution in [0.15, 0.2) is 36.4 Å². The molecule has 0 aromatic heterocycles. The minimum Gasteiger partial charge on any atom is -0.505 e. The van der Waals surface area contributed by atoms with Gasteiger partial charge in [-0.2, -0.15) is 0 Å². The zero-order chi connectivity index (χ0) is 13.3. The Bertz CT molecular complexity index is 572. The number of hydrogen-bond donors (Lipinski definition) is 3. The molecular formula is C13H11ClFNO2. The van der Waals surface area contributed by atoms with Gasteiger partial charge in [0, 0.05) is 10.6 Å². The maximum absolute atomic E-state index is 12.8. The molecule has 2 aromatic carbocycles. The quantitative estimate of drug-likeness (QED) is 0.579. The van der Waals surface area contributed by atoms with E-state index in [4.69, 9.17) is 17.3 Å². The number of anilines is 1. The third kappa shape index (κ3) is 2.39. The van der Waals surface area contributed by atoms with Crippen LogP contribution in [-0.4, -0.2) is 10.2 Å². The second-order valence-corrected chi connectivity index (χ2v) is 4.32. The van der Waals surface area contributed by atoms with Gasteiger partial charge in [-0.1, -0.05) is 23.7 Å². The summed E-state index contributed by atoms with van der Waals surface area (Å²) in [6.07, 6.45) is -1.12. The summed E-state index contributed by atoms with van der Waals surface area (Å²) < 4.78 is 12.8. The average molecular weight is 268 g/mol. The lowest BCUT2D eigenvalue weighted by Crippen LogP contribution is -2.02. The first-order chi connectivity index (χ1) is 8.49. The SMILES string of the molecule is Nc1cc(Cl)cc(C(O)c2ccc(F)cc2)c1O. The van der Waals surface area contributed by atoms with Crippen molar-refractivity contribution < 1.29 is 14.6 Å². The van der Waals surface area contributed by atoms with Crippen LogP contribution in [-0.2, 0) is 0 Å². The van der Waals surface area contributed by atoms with Crippen molar-refractivity contribution in [2.24, 2.45) is 0 Å². The summed E-state index contributed by atoms with van der Waals surface area (Å²) in [5.74, 6) is -0.628. The molecule has 0 spiro atoms. The molecule has 0 aliphatic heterocycles. The van der Waals surface area contributed by atoms with Crippen LogP contribution in [0.4, 0.5) is 10.1 Å². The monoisotopic (exact) mass is 267 g/mol. The molecule has 0 fully saturated rings. The Morgan fingerprint density at radius 3 is 2.39 bits per heavy atom. The summed E-state index contributed by atoms with van der Waals surface area (Å²) in [5.41, 5.74) is 6.26. The fraction of sp³-hybridized carbons (Fsp3) is 0.0769. The highest BCUT2D eigenvalue weighted by molar-refractivity contribution is 6.31. The van der Waals surface area contributed by atoms with Crippen LogP contribution in [0.2, 0.25) is 5.02 Å². The Hall–Kier alpha value is -1.78. The molecule has 0 saturated carbocycles.